The Morgan fingerprint density at radius 3 is 2.63 bits per heavy atom. The first-order valence-electron chi connectivity index (χ1n) is 6.55. The molecule has 1 aromatic carbocycles. The lowest BCUT2D eigenvalue weighted by atomic mass is 9.72. The molecule has 104 valence electrons. The molecule has 1 aliphatic rings. The molecular weight excluding hydrogens is 244 g/mol. The van der Waals surface area contributed by atoms with E-state index in [2.05, 4.69) is 0 Å². The van der Waals surface area contributed by atoms with Gasteiger partial charge in [0.2, 0.25) is 0 Å². The second-order valence-electron chi connectivity index (χ2n) is 5.56. The molecule has 0 spiro atoms. The number of hydrogen-bond acceptors (Lipinski definition) is 3. The van der Waals surface area contributed by atoms with Gasteiger partial charge in [-0.2, -0.15) is 0 Å². The molecule has 4 nitrogen and oxygen atoms in total. The van der Waals surface area contributed by atoms with Crippen LogP contribution in [0.5, 0.6) is 0 Å². The first-order valence-corrected chi connectivity index (χ1v) is 6.55. The van der Waals surface area contributed by atoms with Gasteiger partial charge >= 0.3 is 5.97 Å². The van der Waals surface area contributed by atoms with Crippen molar-refractivity contribution in [3.63, 3.8) is 0 Å². The van der Waals surface area contributed by atoms with E-state index in [1.807, 2.05) is 30.3 Å². The number of ether oxygens (including phenoxy) is 1. The minimum Gasteiger partial charge on any atom is -0.481 e. The third kappa shape index (κ3) is 2.96. The predicted molar refractivity (Wildman–Crippen MR) is 70.8 cm³/mol. The molecule has 19 heavy (non-hydrogen) atoms. The van der Waals surface area contributed by atoms with E-state index >= 15 is 0 Å². The molecule has 0 radical (unpaired) electrons. The third-order valence-corrected chi connectivity index (χ3v) is 3.85. The summed E-state index contributed by atoms with van der Waals surface area (Å²) in [5.41, 5.74) is -1.42. The molecule has 1 fully saturated rings. The Morgan fingerprint density at radius 2 is 2.11 bits per heavy atom. The number of benzene rings is 1. The Bertz CT molecular complexity index is 433. The van der Waals surface area contributed by atoms with Crippen molar-refractivity contribution in [2.24, 2.45) is 5.41 Å². The summed E-state index contributed by atoms with van der Waals surface area (Å²) in [7, 11) is 0. The first kappa shape index (κ1) is 14.0. The summed E-state index contributed by atoms with van der Waals surface area (Å²) in [6.45, 7) is 2.44. The largest absolute Gasteiger partial charge is 0.481 e. The van der Waals surface area contributed by atoms with Gasteiger partial charge in [0.1, 0.15) is 0 Å². The fourth-order valence-electron chi connectivity index (χ4n) is 2.79. The number of rotatable bonds is 4. The Kier molecular flexibility index (Phi) is 3.92. The first-order chi connectivity index (χ1) is 8.96. The highest BCUT2D eigenvalue weighted by Gasteiger charge is 2.46. The second kappa shape index (κ2) is 5.31. The fraction of sp³-hybridized carbons (Fsp3) is 0.533. The second-order valence-corrected chi connectivity index (χ2v) is 5.56. The Balaban J connectivity index is 2.23. The molecule has 0 saturated carbocycles. The van der Waals surface area contributed by atoms with Crippen molar-refractivity contribution in [1.82, 2.24) is 0 Å². The summed E-state index contributed by atoms with van der Waals surface area (Å²) in [5.74, 6) is -0.886. The van der Waals surface area contributed by atoms with Crippen molar-refractivity contribution in [3.8, 4) is 0 Å². The van der Waals surface area contributed by atoms with Crippen LogP contribution < -0.4 is 0 Å². The van der Waals surface area contributed by atoms with E-state index in [-0.39, 0.29) is 13.0 Å². The minimum absolute atomic E-state index is 0.166. The van der Waals surface area contributed by atoms with Crippen LogP contribution in [0.2, 0.25) is 0 Å². The molecule has 0 amide bonds. The van der Waals surface area contributed by atoms with E-state index in [1.54, 1.807) is 6.92 Å². The molecule has 1 heterocycles. The van der Waals surface area contributed by atoms with Crippen LogP contribution in [0.1, 0.15) is 31.7 Å². The van der Waals surface area contributed by atoms with E-state index in [4.69, 9.17) is 4.74 Å². The van der Waals surface area contributed by atoms with Gasteiger partial charge in [-0.15, -0.1) is 0 Å². The molecule has 0 aliphatic carbocycles. The third-order valence-electron chi connectivity index (χ3n) is 3.85. The van der Waals surface area contributed by atoms with Crippen LogP contribution >= 0.6 is 0 Å². The molecule has 1 aromatic rings. The van der Waals surface area contributed by atoms with Crippen molar-refractivity contribution < 1.29 is 19.7 Å². The highest BCUT2D eigenvalue weighted by atomic mass is 16.5. The number of carboxylic acids is 1. The summed E-state index contributed by atoms with van der Waals surface area (Å²) in [6.07, 6.45) is 1.43. The summed E-state index contributed by atoms with van der Waals surface area (Å²) in [5, 5.41) is 20.1. The van der Waals surface area contributed by atoms with Crippen LogP contribution in [0.15, 0.2) is 30.3 Å². The number of aliphatic hydroxyl groups is 1. The number of carboxylic acid groups (broad SMARTS) is 1. The molecule has 2 unspecified atom stereocenters. The molecule has 2 N–H and O–H groups in total. The smallest absolute Gasteiger partial charge is 0.312 e. The quantitative estimate of drug-likeness (QED) is 0.874. The number of carbonyl (C=O) groups is 1. The van der Waals surface area contributed by atoms with Crippen molar-refractivity contribution in [2.45, 2.75) is 31.8 Å². The van der Waals surface area contributed by atoms with Crippen molar-refractivity contribution in [1.29, 1.82) is 0 Å². The molecule has 1 saturated heterocycles. The molecule has 0 aromatic heterocycles. The standard InChI is InChI=1S/C15H20O4/c1-14(18,12-6-3-2-4-7-12)10-15(13(16)17)8-5-9-19-11-15/h2-4,6-7,18H,5,8-11H2,1H3,(H,16,17). The monoisotopic (exact) mass is 264 g/mol. The van der Waals surface area contributed by atoms with Gasteiger partial charge in [0.25, 0.3) is 0 Å². The number of hydrogen-bond donors (Lipinski definition) is 2. The van der Waals surface area contributed by atoms with E-state index in [0.717, 1.165) is 12.0 Å². The van der Waals surface area contributed by atoms with Gasteiger partial charge in [-0.25, -0.2) is 0 Å². The van der Waals surface area contributed by atoms with Gasteiger partial charge in [0, 0.05) is 6.61 Å². The Morgan fingerprint density at radius 1 is 1.42 bits per heavy atom. The maximum Gasteiger partial charge on any atom is 0.312 e. The normalized spacial score (nSPS) is 26.6. The minimum atomic E-state index is -1.17. The van der Waals surface area contributed by atoms with Crippen molar-refractivity contribution in [2.75, 3.05) is 13.2 Å². The summed E-state index contributed by atoms with van der Waals surface area (Å²) in [6, 6.07) is 9.19. The molecule has 2 atom stereocenters. The maximum absolute atomic E-state index is 11.6. The highest BCUT2D eigenvalue weighted by Crippen LogP contribution is 2.40. The van der Waals surface area contributed by atoms with Gasteiger partial charge in [-0.05, 0) is 31.7 Å². The Hall–Kier alpha value is -1.39. The van der Waals surface area contributed by atoms with Crippen molar-refractivity contribution in [3.05, 3.63) is 35.9 Å². The van der Waals surface area contributed by atoms with Gasteiger partial charge in [0.05, 0.1) is 17.6 Å². The van der Waals surface area contributed by atoms with Crippen LogP contribution in [-0.2, 0) is 15.1 Å². The summed E-state index contributed by atoms with van der Waals surface area (Å²) in [4.78, 5) is 11.6. The van der Waals surface area contributed by atoms with Crippen molar-refractivity contribution >= 4 is 5.97 Å². The van der Waals surface area contributed by atoms with Crippen LogP contribution in [0.25, 0.3) is 0 Å². The fourth-order valence-corrected chi connectivity index (χ4v) is 2.79. The topological polar surface area (TPSA) is 66.8 Å². The molecular formula is C15H20O4. The zero-order valence-electron chi connectivity index (χ0n) is 11.1. The average Bonchev–Trinajstić information content (AvgIpc) is 2.40. The van der Waals surface area contributed by atoms with Gasteiger partial charge in [0.15, 0.2) is 0 Å². The molecule has 1 aliphatic heterocycles. The molecule has 2 rings (SSSR count). The average molecular weight is 264 g/mol. The van der Waals surface area contributed by atoms with Crippen LogP contribution in [0.4, 0.5) is 0 Å². The summed E-state index contributed by atoms with van der Waals surface area (Å²) < 4.78 is 5.34. The summed E-state index contributed by atoms with van der Waals surface area (Å²) >= 11 is 0. The highest BCUT2D eigenvalue weighted by molar-refractivity contribution is 5.75. The zero-order chi connectivity index (χ0) is 13.9. The number of aliphatic carboxylic acids is 1. The lowest BCUT2D eigenvalue weighted by Gasteiger charge is -2.38. The van der Waals surface area contributed by atoms with Crippen LogP contribution in [-0.4, -0.2) is 29.4 Å². The van der Waals surface area contributed by atoms with Gasteiger partial charge in [-0.3, -0.25) is 4.79 Å². The predicted octanol–water partition coefficient (Wildman–Crippen LogP) is 2.17. The maximum atomic E-state index is 11.6. The van der Waals surface area contributed by atoms with Gasteiger partial charge in [-0.1, -0.05) is 30.3 Å². The van der Waals surface area contributed by atoms with Crippen LogP contribution in [0.3, 0.4) is 0 Å². The van der Waals surface area contributed by atoms with E-state index in [9.17, 15) is 15.0 Å². The lowest BCUT2D eigenvalue weighted by molar-refractivity contribution is -0.164. The van der Waals surface area contributed by atoms with E-state index < -0.39 is 17.0 Å². The molecule has 4 heteroatoms. The zero-order valence-corrected chi connectivity index (χ0v) is 11.1. The molecule has 0 bridgehead atoms. The van der Waals surface area contributed by atoms with E-state index in [1.165, 1.54) is 0 Å². The van der Waals surface area contributed by atoms with Crippen LogP contribution in [0, 0.1) is 5.41 Å². The Labute approximate surface area is 113 Å². The van der Waals surface area contributed by atoms with Gasteiger partial charge < -0.3 is 14.9 Å². The SMILES string of the molecule is CC(O)(CC1(C(=O)O)CCCOC1)c1ccccc1. The lowest BCUT2D eigenvalue weighted by Crippen LogP contribution is -2.44. The van der Waals surface area contributed by atoms with E-state index in [0.29, 0.717) is 13.0 Å².